The second-order valence-electron chi connectivity index (χ2n) is 7.79. The molecule has 0 aliphatic rings. The van der Waals surface area contributed by atoms with Crippen molar-refractivity contribution in [3.05, 3.63) is 97.1 Å². The van der Waals surface area contributed by atoms with E-state index in [1.807, 2.05) is 0 Å². The van der Waals surface area contributed by atoms with Crippen molar-refractivity contribution in [1.82, 2.24) is 0 Å². The first kappa shape index (κ1) is 25.0. The molecule has 4 aromatic rings. The smallest absolute Gasteiger partial charge is 0.118 e. The first-order valence-electron chi connectivity index (χ1n) is 11.3. The Morgan fingerprint density at radius 1 is 0.371 bits per heavy atom. The zero-order valence-corrected chi connectivity index (χ0v) is 22.3. The Labute approximate surface area is 210 Å². The predicted molar refractivity (Wildman–Crippen MR) is 149 cm³/mol. The van der Waals surface area contributed by atoms with E-state index >= 15 is 0 Å². The van der Waals surface area contributed by atoms with E-state index in [9.17, 15) is 0 Å². The summed E-state index contributed by atoms with van der Waals surface area (Å²) in [6, 6.07) is 34.0. The lowest BCUT2D eigenvalue weighted by molar-refractivity contribution is 0.415. The topological polar surface area (TPSA) is 36.9 Å². The summed E-state index contributed by atoms with van der Waals surface area (Å²) in [4.78, 5) is 0. The molecule has 0 unspecified atom stereocenters. The van der Waals surface area contributed by atoms with E-state index in [2.05, 4.69) is 97.1 Å². The first-order valence-corrected chi connectivity index (χ1v) is 14.3. The van der Waals surface area contributed by atoms with Gasteiger partial charge in [0.05, 0.1) is 28.4 Å². The average molecular weight is 505 g/mol. The van der Waals surface area contributed by atoms with Crippen LogP contribution in [0.25, 0.3) is 0 Å². The third-order valence-corrected chi connectivity index (χ3v) is 11.8. The molecule has 0 atom stereocenters. The molecule has 0 heterocycles. The van der Waals surface area contributed by atoms with Crippen LogP contribution < -0.4 is 40.2 Å². The van der Waals surface area contributed by atoms with Gasteiger partial charge in [-0.05, 0) is 85.6 Å². The Hall–Kier alpha value is -3.06. The van der Waals surface area contributed by atoms with Crippen LogP contribution in [0.5, 0.6) is 23.0 Å². The first-order chi connectivity index (χ1) is 17.1. The van der Waals surface area contributed by atoms with E-state index in [1.54, 1.807) is 28.4 Å². The van der Waals surface area contributed by atoms with Crippen LogP contribution in [-0.2, 0) is 0 Å². The minimum absolute atomic E-state index is 0.640. The highest BCUT2D eigenvalue weighted by molar-refractivity contribution is 7.88. The van der Waals surface area contributed by atoms with Crippen LogP contribution in [-0.4, -0.2) is 34.3 Å². The Morgan fingerprint density at radius 2 is 0.571 bits per heavy atom. The Bertz CT molecular complexity index is 1000. The van der Waals surface area contributed by atoms with Gasteiger partial charge in [-0.2, -0.15) is 0 Å². The monoisotopic (exact) mass is 504 g/mol. The molecule has 0 N–H and O–H groups in total. The molecule has 6 heteroatoms. The Balaban J connectivity index is 1.77. The highest BCUT2D eigenvalue weighted by Gasteiger charge is 2.23. The van der Waals surface area contributed by atoms with Crippen molar-refractivity contribution >= 4 is 37.1 Å². The quantitative estimate of drug-likeness (QED) is 0.277. The zero-order chi connectivity index (χ0) is 24.6. The van der Waals surface area contributed by atoms with E-state index in [-0.39, 0.29) is 0 Å². The van der Waals surface area contributed by atoms with Crippen LogP contribution in [0.2, 0.25) is 0 Å². The lowest BCUT2D eigenvalue weighted by Crippen LogP contribution is -2.20. The minimum Gasteiger partial charge on any atom is -0.497 e. The summed E-state index contributed by atoms with van der Waals surface area (Å²) in [5, 5.41) is 5.28. The maximum Gasteiger partial charge on any atom is 0.118 e. The molecule has 0 aromatic heterocycles. The van der Waals surface area contributed by atoms with Crippen LogP contribution in [0, 0.1) is 0 Å². The lowest BCUT2D eigenvalue weighted by atomic mass is 10.3. The largest absolute Gasteiger partial charge is 0.497 e. The Morgan fingerprint density at radius 3 is 0.743 bits per heavy atom. The van der Waals surface area contributed by atoms with Gasteiger partial charge in [-0.25, -0.2) is 0 Å². The van der Waals surface area contributed by atoms with Gasteiger partial charge in [0.15, 0.2) is 0 Å². The summed E-state index contributed by atoms with van der Waals surface area (Å²) in [7, 11) is 5.53. The third-order valence-electron chi connectivity index (χ3n) is 5.82. The molecule has 35 heavy (non-hydrogen) atoms. The molecule has 4 nitrogen and oxygen atoms in total. The molecule has 0 radical (unpaired) electrons. The van der Waals surface area contributed by atoms with Gasteiger partial charge in [0.25, 0.3) is 0 Å². The maximum atomic E-state index is 5.42. The van der Waals surface area contributed by atoms with Crippen molar-refractivity contribution in [3.63, 3.8) is 0 Å². The van der Waals surface area contributed by atoms with Crippen molar-refractivity contribution < 1.29 is 18.9 Å². The fourth-order valence-electron chi connectivity index (χ4n) is 3.81. The standard InChI is InChI=1S/C29H30O4P2/c1-30-22-5-13-26(14-6-22)34(27-15-7-23(31-2)8-16-27)21-35(28-17-9-24(32-3)10-18-28)29-19-11-25(33-4)12-20-29/h5-20H,21H2,1-4H3. The SMILES string of the molecule is COc1ccc(P(CP(c2ccc(OC)cc2)c2ccc(OC)cc2)c2ccc(OC)cc2)cc1. The molecule has 0 saturated heterocycles. The van der Waals surface area contributed by atoms with Gasteiger partial charge in [-0.1, -0.05) is 48.5 Å². The number of ether oxygens (including phenoxy) is 4. The second kappa shape index (κ2) is 12.1. The fourth-order valence-corrected chi connectivity index (χ4v) is 10.2. The molecule has 0 aliphatic heterocycles. The van der Waals surface area contributed by atoms with Gasteiger partial charge < -0.3 is 18.9 Å². The maximum absolute atomic E-state index is 5.42. The van der Waals surface area contributed by atoms with Crippen LogP contribution in [0.4, 0.5) is 0 Å². The Kier molecular flexibility index (Phi) is 8.64. The molecule has 0 bridgehead atoms. The molecule has 0 aliphatic carbocycles. The van der Waals surface area contributed by atoms with E-state index in [0.29, 0.717) is 0 Å². The van der Waals surface area contributed by atoms with Crippen molar-refractivity contribution in [1.29, 1.82) is 0 Å². The predicted octanol–water partition coefficient (Wildman–Crippen LogP) is 5.24. The summed E-state index contributed by atoms with van der Waals surface area (Å²) in [6.07, 6.45) is 0. The van der Waals surface area contributed by atoms with Gasteiger partial charge in [0.1, 0.15) is 23.0 Å². The minimum atomic E-state index is -0.640. The van der Waals surface area contributed by atoms with Crippen LogP contribution in [0.3, 0.4) is 0 Å². The number of methoxy groups -OCH3 is 4. The van der Waals surface area contributed by atoms with Crippen molar-refractivity contribution in [2.45, 2.75) is 0 Å². The summed E-state index contributed by atoms with van der Waals surface area (Å²) in [5.74, 6) is 4.48. The van der Waals surface area contributed by atoms with Crippen molar-refractivity contribution in [2.75, 3.05) is 34.3 Å². The van der Waals surface area contributed by atoms with E-state index in [4.69, 9.17) is 18.9 Å². The van der Waals surface area contributed by atoms with Crippen LogP contribution >= 0.6 is 15.8 Å². The summed E-state index contributed by atoms with van der Waals surface area (Å²) in [6.45, 7) is 0. The molecule has 4 rings (SSSR count). The molecule has 4 aromatic carbocycles. The number of hydrogen-bond acceptors (Lipinski definition) is 4. The van der Waals surface area contributed by atoms with E-state index in [1.165, 1.54) is 21.2 Å². The molecular weight excluding hydrogens is 474 g/mol. The van der Waals surface area contributed by atoms with Crippen LogP contribution in [0.15, 0.2) is 97.1 Å². The molecule has 0 amide bonds. The van der Waals surface area contributed by atoms with Gasteiger partial charge in [-0.15, -0.1) is 0 Å². The molecule has 0 spiro atoms. The van der Waals surface area contributed by atoms with E-state index < -0.39 is 15.8 Å². The zero-order valence-electron chi connectivity index (χ0n) is 20.5. The molecular formula is C29H30O4P2. The lowest BCUT2D eigenvalue weighted by Gasteiger charge is -2.26. The highest BCUT2D eigenvalue weighted by Crippen LogP contribution is 2.49. The van der Waals surface area contributed by atoms with Gasteiger partial charge in [-0.3, -0.25) is 0 Å². The molecule has 0 fully saturated rings. The molecule has 0 saturated carbocycles. The van der Waals surface area contributed by atoms with Gasteiger partial charge in [0, 0.05) is 5.90 Å². The van der Waals surface area contributed by atoms with Gasteiger partial charge >= 0.3 is 0 Å². The normalized spacial score (nSPS) is 10.9. The number of hydrogen-bond donors (Lipinski definition) is 0. The number of rotatable bonds is 10. The van der Waals surface area contributed by atoms with Crippen LogP contribution in [0.1, 0.15) is 0 Å². The van der Waals surface area contributed by atoms with Gasteiger partial charge in [0.2, 0.25) is 0 Å². The number of benzene rings is 4. The van der Waals surface area contributed by atoms with E-state index in [0.717, 1.165) is 28.9 Å². The van der Waals surface area contributed by atoms with Crippen molar-refractivity contribution in [2.24, 2.45) is 0 Å². The summed E-state index contributed by atoms with van der Waals surface area (Å²) >= 11 is 0. The van der Waals surface area contributed by atoms with Crippen molar-refractivity contribution in [3.8, 4) is 23.0 Å². The average Bonchev–Trinajstić information content (AvgIpc) is 2.94. The highest BCUT2D eigenvalue weighted by atomic mass is 31.2. The molecule has 180 valence electrons. The third kappa shape index (κ3) is 6.14. The second-order valence-corrected chi connectivity index (χ2v) is 12.7. The fraction of sp³-hybridized carbons (Fsp3) is 0.172. The summed E-state index contributed by atoms with van der Waals surface area (Å²) < 4.78 is 21.7. The summed E-state index contributed by atoms with van der Waals surface area (Å²) in [5.41, 5.74) is 0.